The number of likely N-dealkylation sites (N-methyl/N-ethyl adjacent to an activating group) is 1. The van der Waals surface area contributed by atoms with Crippen molar-refractivity contribution in [3.8, 4) is 0 Å². The van der Waals surface area contributed by atoms with Crippen LogP contribution in [0.15, 0.2) is 0 Å². The number of aliphatic hydroxyl groups excluding tert-OH is 1. The van der Waals surface area contributed by atoms with Gasteiger partial charge in [0.2, 0.25) is 23.6 Å². The van der Waals surface area contributed by atoms with Gasteiger partial charge >= 0.3 is 0 Å². The zero-order valence-corrected chi connectivity index (χ0v) is 18.0. The molecule has 0 saturated carbocycles. The molecule has 0 spiro atoms. The molecule has 29 heavy (non-hydrogen) atoms. The second-order valence-electron chi connectivity index (χ2n) is 6.13. The van der Waals surface area contributed by atoms with Crippen LogP contribution in [0.2, 0.25) is 0 Å². The Morgan fingerprint density at radius 3 is 2.03 bits per heavy atom. The molecule has 0 bridgehead atoms. The maximum absolute atomic E-state index is 12.1. The first-order chi connectivity index (χ1) is 13.4. The monoisotopic (exact) mass is 440 g/mol. The molecule has 0 unspecified atom stereocenters. The lowest BCUT2D eigenvalue weighted by Gasteiger charge is -2.21. The molecule has 0 aliphatic heterocycles. The molecule has 0 saturated heterocycles. The zero-order chi connectivity index (χ0) is 23.0. The number of aliphatic hydroxyl groups is 1. The van der Waals surface area contributed by atoms with Crippen LogP contribution in [-0.2, 0) is 24.0 Å². The summed E-state index contributed by atoms with van der Waals surface area (Å²) in [5.74, 6) is -1.36. The normalized spacial score (nSPS) is 12.1. The van der Waals surface area contributed by atoms with E-state index in [0.29, 0.717) is 5.88 Å². The van der Waals surface area contributed by atoms with Gasteiger partial charge < -0.3 is 37.4 Å². The number of nitrogens with one attached hydrogen (secondary N) is 3. The molecule has 4 amide bonds. The van der Waals surface area contributed by atoms with E-state index in [9.17, 15) is 29.1 Å². The number of thioether (sulfide) groups is 1. The number of ketones is 1. The lowest BCUT2D eigenvalue weighted by atomic mass is 10.2. The smallest absolute Gasteiger partial charge is 0.245 e. The molecule has 0 aromatic carbocycles. The molecule has 12 nitrogen and oxygen atoms in total. The van der Waals surface area contributed by atoms with Gasteiger partial charge in [-0.05, 0) is 21.0 Å². The summed E-state index contributed by atoms with van der Waals surface area (Å²) in [5.41, 5.74) is 9.22. The highest BCUT2D eigenvalue weighted by molar-refractivity contribution is 7.99. The van der Waals surface area contributed by atoms with Gasteiger partial charge in [-0.25, -0.2) is 0 Å². The Morgan fingerprint density at radius 2 is 1.66 bits per heavy atom. The highest BCUT2D eigenvalue weighted by atomic mass is 32.2. The van der Waals surface area contributed by atoms with Crippen LogP contribution in [0.25, 0.3) is 0 Å². The molecule has 8 N–H and O–H groups in total. The first kappa shape index (κ1) is 29.0. The number of amides is 4. The molecule has 0 heterocycles. The number of carbonyl (C=O) groups excluding carboxylic acids is 5. The van der Waals surface area contributed by atoms with E-state index >= 15 is 0 Å². The van der Waals surface area contributed by atoms with Crippen LogP contribution in [-0.4, -0.2) is 96.9 Å². The van der Waals surface area contributed by atoms with Crippen LogP contribution in [0.5, 0.6) is 0 Å². The summed E-state index contributed by atoms with van der Waals surface area (Å²) < 4.78 is 0. The SMILES string of the molecule is CC(=O)NCSC[C@H](NC(=O)[C@H](CO)NC(=O)CN(C)C)C(C)=O.NCC(N)=O.[HH].[HH]. The Labute approximate surface area is 177 Å². The van der Waals surface area contributed by atoms with E-state index in [1.807, 2.05) is 0 Å². The van der Waals surface area contributed by atoms with Crippen LogP contribution in [0.1, 0.15) is 16.7 Å². The molecule has 13 heteroatoms. The van der Waals surface area contributed by atoms with Crippen molar-refractivity contribution in [3.05, 3.63) is 0 Å². The van der Waals surface area contributed by atoms with Gasteiger partial charge in [0.25, 0.3) is 0 Å². The molecule has 0 fully saturated rings. The third-order valence-electron chi connectivity index (χ3n) is 3.01. The maximum atomic E-state index is 12.1. The summed E-state index contributed by atoms with van der Waals surface area (Å²) in [6.07, 6.45) is 0. The van der Waals surface area contributed by atoms with Gasteiger partial charge in [0, 0.05) is 15.5 Å². The molecule has 0 aromatic rings. The Bertz CT molecular complexity index is 571. The summed E-state index contributed by atoms with van der Waals surface area (Å²) >= 11 is 1.28. The number of carbonyl (C=O) groups is 5. The Kier molecular flexibility index (Phi) is 16.7. The van der Waals surface area contributed by atoms with Crippen molar-refractivity contribution in [2.75, 3.05) is 45.4 Å². The van der Waals surface area contributed by atoms with E-state index in [2.05, 4.69) is 21.7 Å². The van der Waals surface area contributed by atoms with Crippen molar-refractivity contribution in [2.45, 2.75) is 25.9 Å². The average molecular weight is 441 g/mol. The van der Waals surface area contributed by atoms with Gasteiger partial charge in [0.1, 0.15) is 6.04 Å². The zero-order valence-electron chi connectivity index (χ0n) is 17.2. The lowest BCUT2D eigenvalue weighted by Crippen LogP contribution is -2.54. The fraction of sp³-hybridized carbons (Fsp3) is 0.688. The topological polar surface area (TPSA) is 197 Å². The van der Waals surface area contributed by atoms with Crippen LogP contribution < -0.4 is 27.4 Å². The summed E-state index contributed by atoms with van der Waals surface area (Å²) in [5, 5.41) is 16.8. The summed E-state index contributed by atoms with van der Waals surface area (Å²) in [6.45, 7) is 2.16. The number of rotatable bonds is 12. The second kappa shape index (κ2) is 16.7. The largest absolute Gasteiger partial charge is 0.394 e. The molecule has 0 rings (SSSR count). The molecule has 0 radical (unpaired) electrons. The van der Waals surface area contributed by atoms with Crippen LogP contribution in [0, 0.1) is 0 Å². The summed E-state index contributed by atoms with van der Waals surface area (Å²) in [7, 11) is 3.40. The molecule has 0 aliphatic carbocycles. The standard InChI is InChI=1S/C14H26N4O5S.C2H6N2O.2H2/c1-9(20)12(7-24-8-15-10(2)21)17-14(23)11(6-19)16-13(22)5-18(3)4;3-1-2(4)5;;/h11-12,19H,5-8H2,1-4H3,(H,15,21)(H,16,22)(H,17,23);1,3H2,(H2,4,5);2*1H/t11-,12-;;;/m0.../s1. The predicted molar refractivity (Wildman–Crippen MR) is 114 cm³/mol. The molecule has 0 aliphatic rings. The van der Waals surface area contributed by atoms with Crippen molar-refractivity contribution < 1.29 is 31.9 Å². The molecule has 172 valence electrons. The fourth-order valence-corrected chi connectivity index (χ4v) is 2.56. The minimum absolute atomic E-state index is 0. The number of nitrogens with two attached hydrogens (primary N) is 2. The Hall–Kier alpha value is -2.22. The first-order valence-corrected chi connectivity index (χ1v) is 9.76. The number of Topliss-reactive ketones (excluding diaryl/α,β-unsaturated/α-hetero) is 1. The molecule has 0 aromatic heterocycles. The van der Waals surface area contributed by atoms with Gasteiger partial charge in [-0.3, -0.25) is 24.0 Å². The number of primary amides is 1. The van der Waals surface area contributed by atoms with Crippen molar-refractivity contribution >= 4 is 41.2 Å². The third-order valence-corrected chi connectivity index (χ3v) is 3.93. The minimum atomic E-state index is -1.13. The first-order valence-electron chi connectivity index (χ1n) is 8.60. The van der Waals surface area contributed by atoms with E-state index in [0.717, 1.165) is 0 Å². The summed E-state index contributed by atoms with van der Waals surface area (Å²) in [4.78, 5) is 57.3. The number of hydrogen-bond acceptors (Lipinski definition) is 9. The van der Waals surface area contributed by atoms with Crippen molar-refractivity contribution in [1.82, 2.24) is 20.9 Å². The average Bonchev–Trinajstić information content (AvgIpc) is 2.61. The highest BCUT2D eigenvalue weighted by Crippen LogP contribution is 2.03. The quantitative estimate of drug-likeness (QED) is 0.134. The van der Waals surface area contributed by atoms with Crippen LogP contribution in [0.4, 0.5) is 0 Å². The number of hydrogen-bond donors (Lipinski definition) is 6. The molecular formula is C16H36N6O6S. The van der Waals surface area contributed by atoms with Crippen molar-refractivity contribution in [1.29, 1.82) is 0 Å². The van der Waals surface area contributed by atoms with E-state index in [1.165, 1.54) is 25.6 Å². The fourth-order valence-electron chi connectivity index (χ4n) is 1.58. The van der Waals surface area contributed by atoms with Crippen molar-refractivity contribution in [2.24, 2.45) is 11.5 Å². The van der Waals surface area contributed by atoms with Crippen molar-refractivity contribution in [3.63, 3.8) is 0 Å². The molecule has 2 atom stereocenters. The van der Waals surface area contributed by atoms with Gasteiger partial charge in [-0.15, -0.1) is 11.8 Å². The lowest BCUT2D eigenvalue weighted by molar-refractivity contribution is -0.132. The Morgan fingerprint density at radius 1 is 1.10 bits per heavy atom. The van der Waals surface area contributed by atoms with E-state index < -0.39 is 36.4 Å². The number of nitrogens with zero attached hydrogens (tertiary/aromatic N) is 1. The minimum Gasteiger partial charge on any atom is -0.394 e. The van der Waals surface area contributed by atoms with Crippen LogP contribution in [0.3, 0.4) is 0 Å². The third kappa shape index (κ3) is 17.6. The van der Waals surface area contributed by atoms with E-state index in [1.54, 1.807) is 19.0 Å². The van der Waals surface area contributed by atoms with Crippen LogP contribution >= 0.6 is 11.8 Å². The molecular weight excluding hydrogens is 404 g/mol. The van der Waals surface area contributed by atoms with Gasteiger partial charge in [0.15, 0.2) is 5.78 Å². The van der Waals surface area contributed by atoms with Gasteiger partial charge in [-0.2, -0.15) is 0 Å². The van der Waals surface area contributed by atoms with Gasteiger partial charge in [0.05, 0.1) is 31.6 Å². The second-order valence-corrected chi connectivity index (χ2v) is 7.16. The van der Waals surface area contributed by atoms with E-state index in [4.69, 9.17) is 5.73 Å². The maximum Gasteiger partial charge on any atom is 0.245 e. The highest BCUT2D eigenvalue weighted by Gasteiger charge is 2.24. The predicted octanol–water partition coefficient (Wildman–Crippen LogP) is -3.15. The Balaban J connectivity index is -0.000000464. The summed E-state index contributed by atoms with van der Waals surface area (Å²) in [6, 6.07) is -1.89. The van der Waals surface area contributed by atoms with E-state index in [-0.39, 0.29) is 33.4 Å². The van der Waals surface area contributed by atoms with Gasteiger partial charge in [-0.1, -0.05) is 0 Å².